The van der Waals surface area contributed by atoms with E-state index in [9.17, 15) is 19.8 Å². The van der Waals surface area contributed by atoms with Gasteiger partial charge < -0.3 is 48.2 Å². The van der Waals surface area contributed by atoms with E-state index < -0.39 is 23.8 Å². The number of methoxy groups -OCH3 is 2. The monoisotopic (exact) mass is 826 g/mol. The van der Waals surface area contributed by atoms with Gasteiger partial charge in [0.15, 0.2) is 17.8 Å². The van der Waals surface area contributed by atoms with Crippen molar-refractivity contribution in [1.82, 2.24) is 4.90 Å². The third-order valence-corrected chi connectivity index (χ3v) is 12.0. The predicted molar refractivity (Wildman–Crippen MR) is 221 cm³/mol. The SMILES string of the molecule is C=CCO[C@@]12Oc3ccc(Oc4ccc(OC)c(C=O)c4)cc3[C@H]3[C@H](CCCCO)[C@@H](CCCCO)C=C(C(=NOC)C[C@@H]1N(Cc1ccc4c(c1)OCO4)C(=O)OC)[C@H]32. The summed E-state index contributed by atoms with van der Waals surface area (Å²) in [7, 11) is 4.36. The van der Waals surface area contributed by atoms with E-state index in [4.69, 9.17) is 38.0 Å². The molecule has 0 spiro atoms. The van der Waals surface area contributed by atoms with Gasteiger partial charge in [-0.25, -0.2) is 4.79 Å². The molecule has 320 valence electrons. The Labute approximate surface area is 350 Å². The molecule has 2 aliphatic carbocycles. The number of amides is 1. The molecule has 3 aromatic carbocycles. The maximum absolute atomic E-state index is 14.2. The number of carbonyl (C=O) groups excluding carboxylic acids is 2. The minimum absolute atomic E-state index is 0.000711. The second-order valence-electron chi connectivity index (χ2n) is 15.4. The van der Waals surface area contributed by atoms with E-state index in [1.807, 2.05) is 36.4 Å². The van der Waals surface area contributed by atoms with Crippen molar-refractivity contribution in [2.24, 2.45) is 22.9 Å². The zero-order valence-electron chi connectivity index (χ0n) is 34.4. The fraction of sp³-hybridized carbons (Fsp3) is 0.457. The van der Waals surface area contributed by atoms with E-state index in [1.54, 1.807) is 29.2 Å². The molecule has 6 atom stereocenters. The highest BCUT2D eigenvalue weighted by atomic mass is 16.7. The van der Waals surface area contributed by atoms with Crippen LogP contribution in [0.15, 0.2) is 84.1 Å². The van der Waals surface area contributed by atoms with Crippen LogP contribution in [-0.4, -0.2) is 93.0 Å². The maximum atomic E-state index is 14.2. The van der Waals surface area contributed by atoms with Crippen LogP contribution in [0.3, 0.4) is 0 Å². The van der Waals surface area contributed by atoms with Gasteiger partial charge in [0, 0.05) is 37.7 Å². The number of benzene rings is 3. The van der Waals surface area contributed by atoms with Gasteiger partial charge in [-0.3, -0.25) is 9.69 Å². The standard InChI is InChI=1S/C46H54N2O12/c1-5-20-58-46-42(48(45(52)54-3)26-29-12-15-40-41(21-29)57-28-56-40)25-37(47-55-4)35-23-30(10-6-8-18-49)34(11-7-9-19-50)43(44(35)46)36-24-33(14-17-39(36)60-46)59-32-13-16-38(53-2)31(22-32)27-51/h5,12-17,21-24,27,30,34,42-44,49-50H,1,6-11,18-20,25-26,28H2,2-4H3/t30-,34+,42-,43+,44+,46+/m0/s1. The lowest BCUT2D eigenvalue weighted by molar-refractivity contribution is -0.256. The summed E-state index contributed by atoms with van der Waals surface area (Å²) in [6.45, 7) is 4.46. The van der Waals surface area contributed by atoms with Crippen LogP contribution >= 0.6 is 0 Å². The number of hydrogen-bond acceptors (Lipinski definition) is 13. The number of nitrogens with zero attached hydrogens (tertiary/aromatic N) is 2. The summed E-state index contributed by atoms with van der Waals surface area (Å²) in [5, 5.41) is 24.4. The number of rotatable bonds is 19. The molecular formula is C46H54N2O12. The topological polar surface area (TPSA) is 164 Å². The molecule has 2 heterocycles. The number of ether oxygens (including phenoxy) is 7. The number of unbranched alkanes of at least 4 members (excludes halogenated alkanes) is 2. The molecule has 1 fully saturated rings. The van der Waals surface area contributed by atoms with Gasteiger partial charge in [0.25, 0.3) is 0 Å². The van der Waals surface area contributed by atoms with Crippen LogP contribution in [0.4, 0.5) is 4.79 Å². The van der Waals surface area contributed by atoms with E-state index >= 15 is 0 Å². The average Bonchev–Trinajstić information content (AvgIpc) is 3.74. The maximum Gasteiger partial charge on any atom is 0.410 e. The highest BCUT2D eigenvalue weighted by molar-refractivity contribution is 6.03. The third kappa shape index (κ3) is 8.41. The number of aldehydes is 1. The van der Waals surface area contributed by atoms with Gasteiger partial charge in [-0.05, 0) is 97.2 Å². The molecule has 1 amide bonds. The Kier molecular flexibility index (Phi) is 13.6. The predicted octanol–water partition coefficient (Wildman–Crippen LogP) is 7.56. The van der Waals surface area contributed by atoms with E-state index in [0.717, 1.165) is 48.7 Å². The van der Waals surface area contributed by atoms with Crippen molar-refractivity contribution >= 4 is 18.1 Å². The van der Waals surface area contributed by atoms with Gasteiger partial charge in [-0.1, -0.05) is 36.2 Å². The minimum atomic E-state index is -1.49. The molecule has 0 bridgehead atoms. The second kappa shape index (κ2) is 19.2. The molecule has 4 aliphatic rings. The van der Waals surface area contributed by atoms with Crippen LogP contribution in [0, 0.1) is 17.8 Å². The highest BCUT2D eigenvalue weighted by Gasteiger charge is 2.65. The van der Waals surface area contributed by atoms with Crippen LogP contribution in [0.1, 0.15) is 72.3 Å². The zero-order valence-corrected chi connectivity index (χ0v) is 34.4. The molecule has 1 saturated carbocycles. The molecule has 0 saturated heterocycles. The van der Waals surface area contributed by atoms with Gasteiger partial charge in [0.1, 0.15) is 36.1 Å². The molecule has 14 nitrogen and oxygen atoms in total. The minimum Gasteiger partial charge on any atom is -0.496 e. The van der Waals surface area contributed by atoms with Gasteiger partial charge in [0.2, 0.25) is 12.6 Å². The molecular weight excluding hydrogens is 773 g/mol. The molecule has 0 unspecified atom stereocenters. The Bertz CT molecular complexity index is 2090. The van der Waals surface area contributed by atoms with Gasteiger partial charge in [-0.2, -0.15) is 0 Å². The third-order valence-electron chi connectivity index (χ3n) is 12.0. The lowest BCUT2D eigenvalue weighted by Gasteiger charge is -2.59. The molecule has 0 radical (unpaired) electrons. The second-order valence-corrected chi connectivity index (χ2v) is 15.4. The summed E-state index contributed by atoms with van der Waals surface area (Å²) in [6.07, 6.45) is 8.67. The number of carbonyl (C=O) groups is 2. The lowest BCUT2D eigenvalue weighted by Crippen LogP contribution is -2.70. The summed E-state index contributed by atoms with van der Waals surface area (Å²) in [5.74, 6) is 0.906. The fourth-order valence-corrected chi connectivity index (χ4v) is 9.48. The quantitative estimate of drug-likeness (QED) is 0.0529. The van der Waals surface area contributed by atoms with Crippen LogP contribution in [0.5, 0.6) is 34.5 Å². The van der Waals surface area contributed by atoms with Crippen LogP contribution in [0.25, 0.3) is 0 Å². The fourth-order valence-electron chi connectivity index (χ4n) is 9.48. The Hall–Kier alpha value is -5.57. The van der Waals surface area contributed by atoms with Gasteiger partial charge >= 0.3 is 6.09 Å². The van der Waals surface area contributed by atoms with Crippen molar-refractivity contribution in [3.8, 4) is 34.5 Å². The van der Waals surface area contributed by atoms with Crippen LogP contribution in [-0.2, 0) is 20.9 Å². The van der Waals surface area contributed by atoms with Crippen molar-refractivity contribution in [2.45, 2.75) is 69.2 Å². The molecule has 3 aromatic rings. The van der Waals surface area contributed by atoms with Crippen molar-refractivity contribution in [1.29, 1.82) is 0 Å². The van der Waals surface area contributed by atoms with Crippen LogP contribution < -0.4 is 23.7 Å². The number of aliphatic hydroxyl groups excluding tert-OH is 2. The summed E-state index contributed by atoms with van der Waals surface area (Å²) < 4.78 is 42.8. The first-order valence-electron chi connectivity index (χ1n) is 20.5. The molecule has 0 aromatic heterocycles. The Morgan fingerprint density at radius 1 is 0.950 bits per heavy atom. The highest BCUT2D eigenvalue weighted by Crippen LogP contribution is 2.62. The van der Waals surface area contributed by atoms with Crippen LogP contribution in [0.2, 0.25) is 0 Å². The Morgan fingerprint density at radius 2 is 1.70 bits per heavy atom. The molecule has 2 aliphatic heterocycles. The summed E-state index contributed by atoms with van der Waals surface area (Å²) in [5.41, 5.74) is 3.55. The van der Waals surface area contributed by atoms with Crippen molar-refractivity contribution in [2.75, 3.05) is 47.9 Å². The largest absolute Gasteiger partial charge is 0.496 e. The van der Waals surface area contributed by atoms with E-state index in [1.165, 1.54) is 21.3 Å². The number of aliphatic hydroxyl groups is 2. The molecule has 60 heavy (non-hydrogen) atoms. The summed E-state index contributed by atoms with van der Waals surface area (Å²) >= 11 is 0. The Morgan fingerprint density at radius 3 is 2.43 bits per heavy atom. The smallest absolute Gasteiger partial charge is 0.410 e. The first-order chi connectivity index (χ1) is 29.3. The van der Waals surface area contributed by atoms with E-state index in [0.29, 0.717) is 58.6 Å². The van der Waals surface area contributed by atoms with Gasteiger partial charge in [0.05, 0.1) is 38.0 Å². The zero-order chi connectivity index (χ0) is 42.2. The average molecular weight is 827 g/mol. The Balaban J connectivity index is 1.42. The normalized spacial score (nSPS) is 24.0. The number of allylic oxidation sites excluding steroid dienone is 1. The summed E-state index contributed by atoms with van der Waals surface area (Å²) in [6, 6.07) is 15.5. The molecule has 14 heteroatoms. The lowest BCUT2D eigenvalue weighted by atomic mass is 9.55. The first kappa shape index (κ1) is 42.6. The number of oxime groups is 1. The molecule has 7 rings (SSSR count). The van der Waals surface area contributed by atoms with Crippen molar-refractivity contribution < 1.29 is 57.8 Å². The number of fused-ring (bicyclic) bond motifs is 3. The summed E-state index contributed by atoms with van der Waals surface area (Å²) in [4.78, 5) is 33.3. The van der Waals surface area contributed by atoms with Crippen molar-refractivity contribution in [3.05, 3.63) is 95.6 Å². The van der Waals surface area contributed by atoms with Gasteiger partial charge in [-0.15, -0.1) is 6.58 Å². The molecule has 2 N–H and O–H groups in total. The van der Waals surface area contributed by atoms with E-state index in [-0.39, 0.29) is 57.3 Å². The van der Waals surface area contributed by atoms with Crippen molar-refractivity contribution in [3.63, 3.8) is 0 Å². The van der Waals surface area contributed by atoms with E-state index in [2.05, 4.69) is 17.8 Å². The first-order valence-corrected chi connectivity index (χ1v) is 20.5. The number of hydrogen-bond donors (Lipinski definition) is 2.